The predicted octanol–water partition coefficient (Wildman–Crippen LogP) is 9.52. The standard InChI is InChI=1S/C43H31NO2Si/c1-26-15-17-29-13-8-14-38-40(29)41(26)44(33-19-18-28-9-4-5-10-30(28)23-33)37-20-16-27(22-39(37)47(38,2)3)21-36-42(45)34-24-31-11-6-7-12-32(31)25-35(34)43(36)46/h4-25H,1-3H3. The number of hydrogen-bond donors (Lipinski definition) is 0. The number of carbonyl (C=O) groups is 2. The van der Waals surface area contributed by atoms with Gasteiger partial charge in [-0.15, -0.1) is 0 Å². The molecule has 2 aliphatic rings. The molecule has 0 saturated carbocycles. The average molecular weight is 622 g/mol. The van der Waals surface area contributed by atoms with Crippen LogP contribution in [0.3, 0.4) is 0 Å². The molecule has 9 rings (SSSR count). The molecule has 1 heterocycles. The lowest BCUT2D eigenvalue weighted by atomic mass is 10.0. The van der Waals surface area contributed by atoms with Crippen molar-refractivity contribution in [2.45, 2.75) is 20.0 Å². The molecule has 0 unspecified atom stereocenters. The van der Waals surface area contributed by atoms with Gasteiger partial charge in [-0.05, 0) is 91.8 Å². The zero-order chi connectivity index (χ0) is 32.0. The number of ketones is 2. The summed E-state index contributed by atoms with van der Waals surface area (Å²) in [5.74, 6) is -0.402. The van der Waals surface area contributed by atoms with Gasteiger partial charge in [0.2, 0.25) is 0 Å². The first kappa shape index (κ1) is 27.7. The summed E-state index contributed by atoms with van der Waals surface area (Å²) in [7, 11) is -2.32. The Hall–Kier alpha value is -5.58. The van der Waals surface area contributed by atoms with Crippen LogP contribution in [0, 0.1) is 6.92 Å². The van der Waals surface area contributed by atoms with Crippen molar-refractivity contribution < 1.29 is 9.59 Å². The Morgan fingerprint density at radius 2 is 1.19 bits per heavy atom. The van der Waals surface area contributed by atoms with E-state index in [0.29, 0.717) is 11.1 Å². The Morgan fingerprint density at radius 3 is 1.89 bits per heavy atom. The summed E-state index contributed by atoms with van der Waals surface area (Å²) in [6.45, 7) is 7.04. The van der Waals surface area contributed by atoms with Crippen LogP contribution in [-0.2, 0) is 0 Å². The van der Waals surface area contributed by atoms with Crippen LogP contribution in [0.25, 0.3) is 38.4 Å². The molecular formula is C43H31NO2Si. The molecule has 0 bridgehead atoms. The number of rotatable bonds is 2. The number of hydrogen-bond acceptors (Lipinski definition) is 3. The van der Waals surface area contributed by atoms with Gasteiger partial charge in [-0.25, -0.2) is 0 Å². The van der Waals surface area contributed by atoms with Gasteiger partial charge < -0.3 is 4.90 Å². The van der Waals surface area contributed by atoms with E-state index in [4.69, 9.17) is 0 Å². The van der Waals surface area contributed by atoms with E-state index in [1.807, 2.05) is 42.5 Å². The smallest absolute Gasteiger partial charge is 0.197 e. The third kappa shape index (κ3) is 4.05. The van der Waals surface area contributed by atoms with Crippen LogP contribution in [-0.4, -0.2) is 19.6 Å². The van der Waals surface area contributed by atoms with Crippen LogP contribution in [0.15, 0.2) is 133 Å². The van der Waals surface area contributed by atoms with Crippen molar-refractivity contribution in [3.8, 4) is 0 Å². The van der Waals surface area contributed by atoms with Crippen molar-refractivity contribution in [3.63, 3.8) is 0 Å². The maximum atomic E-state index is 13.7. The van der Waals surface area contributed by atoms with Gasteiger partial charge >= 0.3 is 0 Å². The van der Waals surface area contributed by atoms with Gasteiger partial charge in [-0.2, -0.15) is 0 Å². The van der Waals surface area contributed by atoms with Crippen molar-refractivity contribution in [1.82, 2.24) is 0 Å². The number of nitrogens with zero attached hydrogens (tertiary/aromatic N) is 1. The van der Waals surface area contributed by atoms with Crippen LogP contribution in [0.1, 0.15) is 31.8 Å². The number of Topliss-reactive ketones (excluding diaryl/α,β-unsaturated/α-hetero) is 2. The van der Waals surface area contributed by atoms with Gasteiger partial charge in [0, 0.05) is 27.9 Å². The summed E-state index contributed by atoms with van der Waals surface area (Å²) in [4.78, 5) is 29.8. The Labute approximate surface area is 274 Å². The van der Waals surface area contributed by atoms with Crippen molar-refractivity contribution in [3.05, 3.63) is 155 Å². The molecule has 4 heteroatoms. The van der Waals surface area contributed by atoms with Gasteiger partial charge in [0.05, 0.1) is 11.3 Å². The number of anilines is 3. The molecule has 7 aromatic carbocycles. The van der Waals surface area contributed by atoms with E-state index in [0.717, 1.165) is 27.7 Å². The summed E-state index contributed by atoms with van der Waals surface area (Å²) in [5, 5.41) is 9.51. The molecule has 0 amide bonds. The molecule has 0 radical (unpaired) electrons. The molecule has 224 valence electrons. The summed E-state index contributed by atoms with van der Waals surface area (Å²) < 4.78 is 0. The topological polar surface area (TPSA) is 37.4 Å². The fraction of sp³-hybridized carbons (Fsp3) is 0.0698. The number of carbonyl (C=O) groups excluding carboxylic acids is 2. The fourth-order valence-corrected chi connectivity index (χ4v) is 10.8. The maximum Gasteiger partial charge on any atom is 0.197 e. The molecule has 3 nitrogen and oxygen atoms in total. The fourth-order valence-electron chi connectivity index (χ4n) is 7.77. The van der Waals surface area contributed by atoms with Gasteiger partial charge in [-0.1, -0.05) is 110 Å². The van der Waals surface area contributed by atoms with Crippen LogP contribution >= 0.6 is 0 Å². The zero-order valence-electron chi connectivity index (χ0n) is 26.5. The molecule has 0 atom stereocenters. The molecule has 0 saturated heterocycles. The summed E-state index contributed by atoms with van der Waals surface area (Å²) in [6, 6.07) is 44.5. The molecule has 0 spiro atoms. The summed E-state index contributed by atoms with van der Waals surface area (Å²) >= 11 is 0. The minimum Gasteiger partial charge on any atom is -0.310 e. The molecule has 1 aliphatic heterocycles. The minimum atomic E-state index is -2.32. The second-order valence-corrected chi connectivity index (χ2v) is 17.7. The first-order valence-corrected chi connectivity index (χ1v) is 19.1. The third-order valence-electron chi connectivity index (χ3n) is 10.2. The number of allylic oxidation sites excluding steroid dienone is 1. The van der Waals surface area contributed by atoms with E-state index in [-0.39, 0.29) is 17.1 Å². The quantitative estimate of drug-likeness (QED) is 0.110. The number of benzene rings is 7. The van der Waals surface area contributed by atoms with Gasteiger partial charge in [0.25, 0.3) is 0 Å². The molecule has 1 aliphatic carbocycles. The van der Waals surface area contributed by atoms with E-state index in [2.05, 4.69) is 116 Å². The lowest BCUT2D eigenvalue weighted by Crippen LogP contribution is -2.53. The van der Waals surface area contributed by atoms with E-state index >= 15 is 0 Å². The van der Waals surface area contributed by atoms with Crippen LogP contribution in [0.5, 0.6) is 0 Å². The highest BCUT2D eigenvalue weighted by Crippen LogP contribution is 2.44. The zero-order valence-corrected chi connectivity index (χ0v) is 27.5. The minimum absolute atomic E-state index is 0.201. The second-order valence-electron chi connectivity index (χ2n) is 13.4. The lowest BCUT2D eigenvalue weighted by molar-refractivity contribution is 0.0990. The molecule has 47 heavy (non-hydrogen) atoms. The average Bonchev–Trinajstić information content (AvgIpc) is 3.26. The molecule has 7 aromatic rings. The van der Waals surface area contributed by atoms with Crippen LogP contribution in [0.2, 0.25) is 13.1 Å². The first-order valence-electron chi connectivity index (χ1n) is 16.1. The van der Waals surface area contributed by atoms with Gasteiger partial charge in [0.15, 0.2) is 11.6 Å². The van der Waals surface area contributed by atoms with Crippen LogP contribution in [0.4, 0.5) is 17.1 Å². The monoisotopic (exact) mass is 621 g/mol. The normalized spacial score (nSPS) is 14.9. The Kier molecular flexibility index (Phi) is 5.87. The second kappa shape index (κ2) is 9.96. The first-order chi connectivity index (χ1) is 22.8. The predicted molar refractivity (Wildman–Crippen MR) is 198 cm³/mol. The van der Waals surface area contributed by atoms with E-state index < -0.39 is 8.07 Å². The summed E-state index contributed by atoms with van der Waals surface area (Å²) in [6.07, 6.45) is 1.81. The Bertz CT molecular complexity index is 2500. The van der Waals surface area contributed by atoms with E-state index in [1.54, 1.807) is 0 Å². The van der Waals surface area contributed by atoms with E-state index in [1.165, 1.54) is 43.2 Å². The Balaban J connectivity index is 1.27. The number of aryl methyl sites for hydroxylation is 1. The molecule has 0 N–H and O–H groups in total. The highest BCUT2D eigenvalue weighted by Gasteiger charge is 2.38. The highest BCUT2D eigenvalue weighted by molar-refractivity contribution is 7.03. The molecular weight excluding hydrogens is 591 g/mol. The van der Waals surface area contributed by atoms with Gasteiger partial charge in [-0.3, -0.25) is 9.59 Å². The molecule has 0 fully saturated rings. The van der Waals surface area contributed by atoms with Crippen molar-refractivity contribution in [1.29, 1.82) is 0 Å². The maximum absolute atomic E-state index is 13.7. The SMILES string of the molecule is Cc1ccc2cccc3c2c1N(c1ccc2ccccc2c1)c1ccc(C=C2C(=O)c4cc5ccccc5cc4C2=O)cc1[Si]3(C)C. The van der Waals surface area contributed by atoms with Crippen LogP contribution < -0.4 is 15.3 Å². The molecule has 0 aromatic heterocycles. The number of fused-ring (bicyclic) bond motifs is 4. The van der Waals surface area contributed by atoms with Crippen molar-refractivity contribution >= 4 is 85.5 Å². The third-order valence-corrected chi connectivity index (χ3v) is 13.7. The largest absolute Gasteiger partial charge is 0.310 e. The Morgan fingerprint density at radius 1 is 0.574 bits per heavy atom. The van der Waals surface area contributed by atoms with Gasteiger partial charge in [0.1, 0.15) is 8.07 Å². The highest BCUT2D eigenvalue weighted by atomic mass is 28.3. The van der Waals surface area contributed by atoms with E-state index in [9.17, 15) is 9.59 Å². The lowest BCUT2D eigenvalue weighted by Gasteiger charge is -2.30. The van der Waals surface area contributed by atoms with Crippen molar-refractivity contribution in [2.24, 2.45) is 0 Å². The van der Waals surface area contributed by atoms with Crippen molar-refractivity contribution in [2.75, 3.05) is 4.90 Å². The summed E-state index contributed by atoms with van der Waals surface area (Å²) in [5.41, 5.74) is 6.76.